The molecule has 4 heteroatoms. The molecule has 2 nitrogen and oxygen atoms in total. The van der Waals surface area contributed by atoms with Crippen molar-refractivity contribution in [2.45, 2.75) is 0 Å². The summed E-state index contributed by atoms with van der Waals surface area (Å²) >= 11 is 5.84. The quantitative estimate of drug-likeness (QED) is 0.664. The molecular weight excluding hydrogens is 267 g/mol. The molecule has 0 aliphatic rings. The third-order valence-corrected chi connectivity index (χ3v) is 3.05. The Bertz CT molecular complexity index is 806. The second kappa shape index (κ2) is 4.52. The Morgan fingerprint density at radius 2 is 1.74 bits per heavy atom. The van der Waals surface area contributed by atoms with Crippen LogP contribution >= 0.6 is 11.6 Å². The lowest BCUT2D eigenvalue weighted by Crippen LogP contribution is -2.00. The molecule has 2 aromatic carbocycles. The summed E-state index contributed by atoms with van der Waals surface area (Å²) < 4.78 is 18.5. The summed E-state index contributed by atoms with van der Waals surface area (Å²) in [6.07, 6.45) is 0. The van der Waals surface area contributed by atoms with E-state index in [1.165, 1.54) is 18.2 Å². The number of rotatable bonds is 1. The lowest BCUT2D eigenvalue weighted by Gasteiger charge is -2.03. The molecule has 1 heterocycles. The molecule has 3 aromatic rings. The van der Waals surface area contributed by atoms with Crippen molar-refractivity contribution in [2.24, 2.45) is 0 Å². The summed E-state index contributed by atoms with van der Waals surface area (Å²) in [6.45, 7) is 0. The standard InChI is InChI=1S/C15H8ClFO2/c16-10-3-6-14-12(7-10)13(18)8-15(19-14)9-1-4-11(17)5-2-9/h1-8H. The minimum atomic E-state index is -0.335. The van der Waals surface area contributed by atoms with Crippen molar-refractivity contribution in [3.63, 3.8) is 0 Å². The molecule has 0 aliphatic carbocycles. The molecule has 0 fully saturated rings. The highest BCUT2D eigenvalue weighted by Gasteiger charge is 2.07. The van der Waals surface area contributed by atoms with Gasteiger partial charge in [0.1, 0.15) is 17.2 Å². The molecule has 0 unspecified atom stereocenters. The average molecular weight is 275 g/mol. The Labute approximate surface area is 113 Å². The average Bonchev–Trinajstić information content (AvgIpc) is 2.40. The Balaban J connectivity index is 2.24. The van der Waals surface area contributed by atoms with Gasteiger partial charge >= 0.3 is 0 Å². The molecule has 0 aliphatic heterocycles. The van der Waals surface area contributed by atoms with Crippen molar-refractivity contribution >= 4 is 22.6 Å². The van der Waals surface area contributed by atoms with Gasteiger partial charge in [-0.1, -0.05) is 11.6 Å². The molecule has 0 radical (unpaired) electrons. The molecule has 3 rings (SSSR count). The fourth-order valence-corrected chi connectivity index (χ4v) is 2.06. The van der Waals surface area contributed by atoms with E-state index in [1.54, 1.807) is 30.3 Å². The van der Waals surface area contributed by atoms with Crippen molar-refractivity contribution in [2.75, 3.05) is 0 Å². The van der Waals surface area contributed by atoms with E-state index in [4.69, 9.17) is 16.0 Å². The molecular formula is C15H8ClFO2. The number of benzene rings is 2. The maximum absolute atomic E-state index is 12.9. The highest BCUT2D eigenvalue weighted by atomic mass is 35.5. The minimum absolute atomic E-state index is 0.178. The minimum Gasteiger partial charge on any atom is -0.456 e. The first-order valence-electron chi connectivity index (χ1n) is 5.63. The van der Waals surface area contributed by atoms with Crippen LogP contribution in [-0.4, -0.2) is 0 Å². The van der Waals surface area contributed by atoms with Gasteiger partial charge in [0.25, 0.3) is 0 Å². The van der Waals surface area contributed by atoms with Crippen LogP contribution in [0.15, 0.2) is 57.7 Å². The molecule has 0 saturated heterocycles. The van der Waals surface area contributed by atoms with Gasteiger partial charge in [-0.05, 0) is 42.5 Å². The fraction of sp³-hybridized carbons (Fsp3) is 0. The zero-order valence-corrected chi connectivity index (χ0v) is 10.4. The Hall–Kier alpha value is -2.13. The van der Waals surface area contributed by atoms with Crippen LogP contribution in [0.3, 0.4) is 0 Å². The topological polar surface area (TPSA) is 30.2 Å². The zero-order valence-electron chi connectivity index (χ0n) is 9.69. The maximum Gasteiger partial charge on any atom is 0.193 e. The van der Waals surface area contributed by atoms with Crippen molar-refractivity contribution in [3.8, 4) is 11.3 Å². The molecule has 0 saturated carbocycles. The molecule has 0 spiro atoms. The predicted molar refractivity (Wildman–Crippen MR) is 72.9 cm³/mol. The highest BCUT2D eigenvalue weighted by Crippen LogP contribution is 2.23. The van der Waals surface area contributed by atoms with Gasteiger partial charge in [-0.3, -0.25) is 4.79 Å². The van der Waals surface area contributed by atoms with Crippen LogP contribution in [0.4, 0.5) is 4.39 Å². The van der Waals surface area contributed by atoms with E-state index in [0.717, 1.165) is 0 Å². The van der Waals surface area contributed by atoms with Crippen molar-refractivity contribution < 1.29 is 8.81 Å². The van der Waals surface area contributed by atoms with Crippen LogP contribution in [0.1, 0.15) is 0 Å². The summed E-state index contributed by atoms with van der Waals surface area (Å²) in [4.78, 5) is 12.0. The van der Waals surface area contributed by atoms with Crippen LogP contribution in [-0.2, 0) is 0 Å². The first kappa shape index (κ1) is 11.9. The van der Waals surface area contributed by atoms with E-state index in [2.05, 4.69) is 0 Å². The predicted octanol–water partition coefficient (Wildman–Crippen LogP) is 4.25. The SMILES string of the molecule is O=c1cc(-c2ccc(F)cc2)oc2ccc(Cl)cc12. The van der Waals surface area contributed by atoms with E-state index < -0.39 is 0 Å². The number of halogens is 2. The van der Waals surface area contributed by atoms with Crippen molar-refractivity contribution in [3.05, 3.63) is 69.6 Å². The lowest BCUT2D eigenvalue weighted by atomic mass is 10.1. The monoisotopic (exact) mass is 274 g/mol. The van der Waals surface area contributed by atoms with Gasteiger partial charge in [-0.15, -0.1) is 0 Å². The van der Waals surface area contributed by atoms with Crippen LogP contribution in [0.25, 0.3) is 22.3 Å². The van der Waals surface area contributed by atoms with Gasteiger partial charge in [-0.25, -0.2) is 4.39 Å². The van der Waals surface area contributed by atoms with E-state index in [9.17, 15) is 9.18 Å². The van der Waals surface area contributed by atoms with E-state index >= 15 is 0 Å². The summed E-state index contributed by atoms with van der Waals surface area (Å²) in [6, 6.07) is 12.0. The van der Waals surface area contributed by atoms with Crippen molar-refractivity contribution in [1.82, 2.24) is 0 Å². The highest BCUT2D eigenvalue weighted by molar-refractivity contribution is 6.31. The summed E-state index contributed by atoms with van der Waals surface area (Å²) in [7, 11) is 0. The summed E-state index contributed by atoms with van der Waals surface area (Å²) in [5.41, 5.74) is 0.926. The molecule has 1 aromatic heterocycles. The first-order valence-corrected chi connectivity index (χ1v) is 6.01. The largest absolute Gasteiger partial charge is 0.456 e. The number of hydrogen-bond donors (Lipinski definition) is 0. The molecule has 0 atom stereocenters. The van der Waals surface area contributed by atoms with Gasteiger partial charge in [0, 0.05) is 16.7 Å². The molecule has 0 bridgehead atoms. The second-order valence-corrected chi connectivity index (χ2v) is 4.56. The van der Waals surface area contributed by atoms with Crippen molar-refractivity contribution in [1.29, 1.82) is 0 Å². The van der Waals surface area contributed by atoms with E-state index in [-0.39, 0.29) is 11.2 Å². The van der Waals surface area contributed by atoms with Gasteiger partial charge in [-0.2, -0.15) is 0 Å². The van der Waals surface area contributed by atoms with Gasteiger partial charge in [0.05, 0.1) is 5.39 Å². The first-order chi connectivity index (χ1) is 9.13. The van der Waals surface area contributed by atoms with E-state index in [0.29, 0.717) is 27.3 Å². The Kier molecular flexibility index (Phi) is 2.84. The van der Waals surface area contributed by atoms with Gasteiger partial charge in [0.2, 0.25) is 0 Å². The molecule has 0 amide bonds. The molecule has 94 valence electrons. The van der Waals surface area contributed by atoms with Gasteiger partial charge in [0.15, 0.2) is 5.43 Å². The fourth-order valence-electron chi connectivity index (χ4n) is 1.88. The molecule has 0 N–H and O–H groups in total. The van der Waals surface area contributed by atoms with Crippen LogP contribution in [0.2, 0.25) is 5.02 Å². The zero-order chi connectivity index (χ0) is 13.4. The molecule has 19 heavy (non-hydrogen) atoms. The van der Waals surface area contributed by atoms with E-state index in [1.807, 2.05) is 0 Å². The summed E-state index contributed by atoms with van der Waals surface area (Å²) in [5, 5.41) is 0.910. The van der Waals surface area contributed by atoms with Crippen LogP contribution in [0.5, 0.6) is 0 Å². The Morgan fingerprint density at radius 1 is 1.00 bits per heavy atom. The third-order valence-electron chi connectivity index (χ3n) is 2.82. The number of hydrogen-bond acceptors (Lipinski definition) is 2. The normalized spacial score (nSPS) is 10.8. The lowest BCUT2D eigenvalue weighted by molar-refractivity contribution is 0.615. The third kappa shape index (κ3) is 2.25. The van der Waals surface area contributed by atoms with Gasteiger partial charge < -0.3 is 4.42 Å². The second-order valence-electron chi connectivity index (χ2n) is 4.12. The number of fused-ring (bicyclic) bond motifs is 1. The Morgan fingerprint density at radius 3 is 2.47 bits per heavy atom. The van der Waals surface area contributed by atoms with Crippen LogP contribution < -0.4 is 5.43 Å². The smallest absolute Gasteiger partial charge is 0.193 e. The van der Waals surface area contributed by atoms with Crippen LogP contribution in [0, 0.1) is 5.82 Å². The maximum atomic E-state index is 12.9. The summed E-state index contributed by atoms with van der Waals surface area (Å²) in [5.74, 6) is 0.0680.